The Bertz CT molecular complexity index is 549. The summed E-state index contributed by atoms with van der Waals surface area (Å²) in [4.78, 5) is 24.1. The summed E-state index contributed by atoms with van der Waals surface area (Å²) in [7, 11) is 1.11. The van der Waals surface area contributed by atoms with Gasteiger partial charge in [0.05, 0.1) is 18.5 Å². The molecule has 1 rings (SSSR count). The van der Waals surface area contributed by atoms with Gasteiger partial charge in [0.25, 0.3) is 0 Å². The highest BCUT2D eigenvalue weighted by Gasteiger charge is 2.36. The molecule has 11 heteroatoms. The molecule has 0 bridgehead atoms. The van der Waals surface area contributed by atoms with Gasteiger partial charge in [0, 0.05) is 11.6 Å². The molecule has 0 spiro atoms. The zero-order valence-electron chi connectivity index (χ0n) is 9.73. The molecule has 0 amide bonds. The molecule has 1 aromatic rings. The van der Waals surface area contributed by atoms with Crippen LogP contribution in [0.5, 0.6) is 5.88 Å². The minimum absolute atomic E-state index is 0.0298. The zero-order chi connectivity index (χ0) is 15.5. The molecule has 0 saturated heterocycles. The summed E-state index contributed by atoms with van der Waals surface area (Å²) in [5.74, 6) is -1.89. The molecule has 0 atom stereocenters. The summed E-state index contributed by atoms with van der Waals surface area (Å²) >= 11 is 1.54. The van der Waals surface area contributed by atoms with E-state index >= 15 is 0 Å². The van der Waals surface area contributed by atoms with E-state index in [0.717, 1.165) is 13.2 Å². The number of nitro groups is 1. The molecule has 0 aliphatic carbocycles. The second-order valence-electron chi connectivity index (χ2n) is 3.32. The Morgan fingerprint density at radius 1 is 1.55 bits per heavy atom. The third-order valence-corrected chi connectivity index (χ3v) is 2.90. The van der Waals surface area contributed by atoms with E-state index in [4.69, 9.17) is 0 Å². The summed E-state index contributed by atoms with van der Waals surface area (Å²) in [6.45, 7) is 0. The average Bonchev–Trinajstić information content (AvgIpc) is 2.29. The van der Waals surface area contributed by atoms with Gasteiger partial charge in [-0.1, -0.05) is 0 Å². The lowest BCUT2D eigenvalue weighted by Gasteiger charge is -2.10. The molecule has 0 aliphatic heterocycles. The van der Waals surface area contributed by atoms with Crippen molar-refractivity contribution in [2.45, 2.75) is 12.8 Å². The second kappa shape index (κ2) is 6.19. The van der Waals surface area contributed by atoms with Gasteiger partial charge in [0.15, 0.2) is 0 Å². The van der Waals surface area contributed by atoms with Crippen LogP contribution < -0.4 is 4.74 Å². The molecule has 0 aliphatic rings. The minimum atomic E-state index is -5.11. The van der Waals surface area contributed by atoms with E-state index in [0.29, 0.717) is 0 Å². The van der Waals surface area contributed by atoms with Crippen LogP contribution in [0.4, 0.5) is 18.9 Å². The fraction of sp³-hybridized carbons (Fsp3) is 0.333. The second-order valence-corrected chi connectivity index (χ2v) is 4.34. The van der Waals surface area contributed by atoms with Gasteiger partial charge in [-0.2, -0.15) is 0 Å². The van der Waals surface area contributed by atoms with Crippen molar-refractivity contribution in [3.8, 4) is 5.88 Å². The Labute approximate surface area is 123 Å². The Kier molecular flexibility index (Phi) is 5.08. The number of hydrogen-bond acceptors (Lipinski definition) is 6. The number of carbonyl (C=O) groups is 1. The fourth-order valence-corrected chi connectivity index (χ4v) is 1.74. The van der Waals surface area contributed by atoms with Crippen LogP contribution in [0.25, 0.3) is 0 Å². The minimum Gasteiger partial charge on any atom is -0.469 e. The van der Waals surface area contributed by atoms with Crippen molar-refractivity contribution >= 4 is 34.2 Å². The normalized spacial score (nSPS) is 11.1. The van der Waals surface area contributed by atoms with E-state index < -0.39 is 28.8 Å². The highest BCUT2D eigenvalue weighted by atomic mass is 127. The number of esters is 1. The number of nitrogens with zero attached hydrogens (tertiary/aromatic N) is 2. The van der Waals surface area contributed by atoms with Crippen LogP contribution in [0.3, 0.4) is 0 Å². The number of methoxy groups -OCH3 is 1. The van der Waals surface area contributed by atoms with Gasteiger partial charge >= 0.3 is 23.9 Å². The van der Waals surface area contributed by atoms with Gasteiger partial charge in [0.2, 0.25) is 0 Å². The molecule has 110 valence electrons. The fourth-order valence-electron chi connectivity index (χ4n) is 1.17. The number of ether oxygens (including phenoxy) is 2. The predicted octanol–water partition coefficient (Wildman–Crippen LogP) is 2.21. The number of halogens is 4. The van der Waals surface area contributed by atoms with Crippen LogP contribution in [-0.4, -0.2) is 29.3 Å². The topological polar surface area (TPSA) is 91.6 Å². The Hall–Kier alpha value is -1.66. The number of hydrogen-bond donors (Lipinski definition) is 0. The van der Waals surface area contributed by atoms with Gasteiger partial charge in [-0.05, 0) is 22.6 Å². The Morgan fingerprint density at radius 3 is 2.60 bits per heavy atom. The number of carbonyl (C=O) groups excluding carboxylic acids is 1. The number of alkyl halides is 3. The third-order valence-electron chi connectivity index (χ3n) is 1.97. The third kappa shape index (κ3) is 4.47. The van der Waals surface area contributed by atoms with Gasteiger partial charge in [-0.15, -0.1) is 13.2 Å². The molecule has 1 aromatic heterocycles. The number of rotatable bonds is 4. The van der Waals surface area contributed by atoms with Gasteiger partial charge < -0.3 is 9.47 Å². The van der Waals surface area contributed by atoms with Crippen molar-refractivity contribution in [1.29, 1.82) is 0 Å². The van der Waals surface area contributed by atoms with E-state index in [1.807, 2.05) is 0 Å². The zero-order valence-corrected chi connectivity index (χ0v) is 11.9. The molecule has 0 fully saturated rings. The molecule has 0 unspecified atom stereocenters. The first-order valence-corrected chi connectivity index (χ1v) is 5.88. The van der Waals surface area contributed by atoms with Crippen molar-refractivity contribution in [3.05, 3.63) is 25.4 Å². The molecule has 0 N–H and O–H groups in total. The molecule has 1 heterocycles. The maximum Gasteiger partial charge on any atom is 0.574 e. The average molecular weight is 406 g/mol. The van der Waals surface area contributed by atoms with E-state index in [9.17, 15) is 28.1 Å². The van der Waals surface area contributed by atoms with E-state index in [1.165, 1.54) is 22.6 Å². The van der Waals surface area contributed by atoms with Crippen LogP contribution in [-0.2, 0) is 16.0 Å². The van der Waals surface area contributed by atoms with E-state index in [-0.39, 0.29) is 15.7 Å². The van der Waals surface area contributed by atoms with Crippen molar-refractivity contribution in [2.24, 2.45) is 0 Å². The van der Waals surface area contributed by atoms with Crippen molar-refractivity contribution < 1.29 is 32.4 Å². The van der Waals surface area contributed by atoms with Gasteiger partial charge in [-0.3, -0.25) is 14.9 Å². The Balaban J connectivity index is 3.24. The van der Waals surface area contributed by atoms with Crippen LogP contribution in [0.2, 0.25) is 0 Å². The highest BCUT2D eigenvalue weighted by Crippen LogP contribution is 2.32. The van der Waals surface area contributed by atoms with Crippen LogP contribution in [0, 0.1) is 13.8 Å². The first-order valence-electron chi connectivity index (χ1n) is 4.80. The van der Waals surface area contributed by atoms with Crippen molar-refractivity contribution in [2.75, 3.05) is 7.11 Å². The smallest absolute Gasteiger partial charge is 0.469 e. The molecule has 0 radical (unpaired) electrons. The molecule has 0 saturated carbocycles. The van der Waals surface area contributed by atoms with Crippen molar-refractivity contribution in [3.63, 3.8) is 0 Å². The maximum absolute atomic E-state index is 12.1. The van der Waals surface area contributed by atoms with Crippen LogP contribution in [0.15, 0.2) is 6.07 Å². The summed E-state index contributed by atoms with van der Waals surface area (Å²) in [6.07, 6.45) is -5.46. The quantitative estimate of drug-likeness (QED) is 0.250. The lowest BCUT2D eigenvalue weighted by Crippen LogP contribution is -2.19. The van der Waals surface area contributed by atoms with Gasteiger partial charge in [-0.25, -0.2) is 4.98 Å². The van der Waals surface area contributed by atoms with E-state index in [2.05, 4.69) is 14.5 Å². The summed E-state index contributed by atoms with van der Waals surface area (Å²) in [5, 5.41) is 10.7. The number of aromatic nitrogens is 1. The summed E-state index contributed by atoms with van der Waals surface area (Å²) in [5.41, 5.74) is -0.916. The molecular formula is C9H6F3IN2O5. The maximum atomic E-state index is 12.1. The lowest BCUT2D eigenvalue weighted by atomic mass is 10.2. The molecule has 7 nitrogen and oxygen atoms in total. The van der Waals surface area contributed by atoms with Crippen LogP contribution in [0.1, 0.15) is 5.56 Å². The molecular weight excluding hydrogens is 400 g/mol. The largest absolute Gasteiger partial charge is 0.574 e. The first-order chi connectivity index (χ1) is 9.14. The van der Waals surface area contributed by atoms with Crippen molar-refractivity contribution in [1.82, 2.24) is 4.98 Å². The Morgan fingerprint density at radius 2 is 2.15 bits per heavy atom. The number of pyridine rings is 1. The predicted molar refractivity (Wildman–Crippen MR) is 66.0 cm³/mol. The standard InChI is InChI=1S/C9H6F3IN2O5/c1-19-6(16)3-4-2-5(15(17)18)8(14-7(4)13)20-9(10,11)12/h2H,3H2,1H3. The van der Waals surface area contributed by atoms with E-state index in [1.54, 1.807) is 0 Å². The lowest BCUT2D eigenvalue weighted by molar-refractivity contribution is -0.389. The molecule has 0 aromatic carbocycles. The monoisotopic (exact) mass is 406 g/mol. The summed E-state index contributed by atoms with van der Waals surface area (Å²) in [6, 6.07) is 0.798. The van der Waals surface area contributed by atoms with Crippen LogP contribution >= 0.6 is 22.6 Å². The summed E-state index contributed by atoms with van der Waals surface area (Å²) < 4.78 is 44.2. The van der Waals surface area contributed by atoms with Gasteiger partial charge in [0.1, 0.15) is 3.70 Å². The first kappa shape index (κ1) is 16.4. The molecule has 20 heavy (non-hydrogen) atoms. The SMILES string of the molecule is COC(=O)Cc1cc([N+](=O)[O-])c(OC(F)(F)F)nc1I. The highest BCUT2D eigenvalue weighted by molar-refractivity contribution is 14.1.